The number of alkyl halides is 1. The van der Waals surface area contributed by atoms with Crippen LogP contribution in [-0.4, -0.2) is 41.6 Å². The quantitative estimate of drug-likeness (QED) is 0.703. The van der Waals surface area contributed by atoms with Crippen molar-refractivity contribution in [3.8, 4) is 0 Å². The van der Waals surface area contributed by atoms with E-state index in [2.05, 4.69) is 0 Å². The van der Waals surface area contributed by atoms with Gasteiger partial charge in [-0.1, -0.05) is 0 Å². The van der Waals surface area contributed by atoms with Gasteiger partial charge in [-0.3, -0.25) is 4.79 Å². The highest BCUT2D eigenvalue weighted by molar-refractivity contribution is 5.92. The lowest BCUT2D eigenvalue weighted by Crippen LogP contribution is -2.57. The van der Waals surface area contributed by atoms with E-state index in [0.29, 0.717) is 19.4 Å². The van der Waals surface area contributed by atoms with Crippen molar-refractivity contribution in [2.24, 2.45) is 0 Å². The molecule has 0 saturated carbocycles. The van der Waals surface area contributed by atoms with Gasteiger partial charge in [-0.2, -0.15) is 0 Å². The van der Waals surface area contributed by atoms with Crippen molar-refractivity contribution in [2.75, 3.05) is 13.2 Å². The number of fused-ring (bicyclic) bond motifs is 1. The highest BCUT2D eigenvalue weighted by atomic mass is 19.1. The van der Waals surface area contributed by atoms with E-state index in [1.807, 2.05) is 0 Å². The molecule has 1 aliphatic heterocycles. The summed E-state index contributed by atoms with van der Waals surface area (Å²) < 4.78 is 19.4. The number of hydrogen-bond acceptors (Lipinski definition) is 3. The zero-order chi connectivity index (χ0) is 12.5. The number of ether oxygens (including phenoxy) is 1. The molecule has 2 aliphatic rings. The van der Waals surface area contributed by atoms with Crippen LogP contribution in [0.25, 0.3) is 0 Å². The van der Waals surface area contributed by atoms with Crippen LogP contribution in [0, 0.1) is 0 Å². The molecule has 0 N–H and O–H groups in total. The maximum Gasteiger partial charge on any atom is 0.410 e. The van der Waals surface area contributed by atoms with Crippen molar-refractivity contribution in [3.63, 3.8) is 0 Å². The Morgan fingerprint density at radius 1 is 1.71 bits per heavy atom. The molecule has 0 unspecified atom stereocenters. The summed E-state index contributed by atoms with van der Waals surface area (Å²) in [6, 6.07) is -0.701. The van der Waals surface area contributed by atoms with Gasteiger partial charge in [0, 0.05) is 13.0 Å². The van der Waals surface area contributed by atoms with Crippen LogP contribution in [0.5, 0.6) is 0 Å². The minimum atomic E-state index is -1.57. The molecule has 1 heterocycles. The predicted octanol–water partition coefficient (Wildman–Crippen LogP) is 1.84. The minimum Gasteiger partial charge on any atom is -0.450 e. The second kappa shape index (κ2) is 4.47. The van der Waals surface area contributed by atoms with Crippen molar-refractivity contribution in [3.05, 3.63) is 12.2 Å². The molecule has 1 amide bonds. The largest absolute Gasteiger partial charge is 0.450 e. The van der Waals surface area contributed by atoms with Crippen LogP contribution in [-0.2, 0) is 9.53 Å². The second-order valence-electron chi connectivity index (χ2n) is 4.44. The van der Waals surface area contributed by atoms with Gasteiger partial charge in [-0.25, -0.2) is 9.18 Å². The Morgan fingerprint density at radius 2 is 2.47 bits per heavy atom. The molecule has 4 nitrogen and oxygen atoms in total. The number of allylic oxidation sites excluding steroid dienone is 1. The molecule has 1 aliphatic carbocycles. The Bertz CT molecular complexity index is 369. The number of halogens is 1. The SMILES string of the molecule is CCOC(=O)N1CCC[C@@]2(F)C=CC(=O)C[C@@H]12. The smallest absolute Gasteiger partial charge is 0.410 e. The van der Waals surface area contributed by atoms with Crippen LogP contribution in [0.4, 0.5) is 9.18 Å². The third-order valence-electron chi connectivity index (χ3n) is 3.33. The predicted molar refractivity (Wildman–Crippen MR) is 59.4 cm³/mol. The van der Waals surface area contributed by atoms with E-state index in [0.717, 1.165) is 0 Å². The number of piperidine rings is 1. The van der Waals surface area contributed by atoms with E-state index in [9.17, 15) is 14.0 Å². The lowest BCUT2D eigenvalue weighted by molar-refractivity contribution is -0.118. The van der Waals surface area contributed by atoms with Crippen LogP contribution >= 0.6 is 0 Å². The molecule has 2 atom stereocenters. The maximum atomic E-state index is 14.6. The molecule has 5 heteroatoms. The summed E-state index contributed by atoms with van der Waals surface area (Å²) in [5.41, 5.74) is -1.57. The summed E-state index contributed by atoms with van der Waals surface area (Å²) in [5.74, 6) is -0.139. The molecule has 0 radical (unpaired) electrons. The first-order valence-electron chi connectivity index (χ1n) is 5.91. The summed E-state index contributed by atoms with van der Waals surface area (Å²) >= 11 is 0. The van der Waals surface area contributed by atoms with Gasteiger partial charge in [0.15, 0.2) is 5.78 Å². The Balaban J connectivity index is 2.21. The number of ketones is 1. The number of carbonyl (C=O) groups is 2. The molecule has 94 valence electrons. The first kappa shape index (κ1) is 12.1. The zero-order valence-electron chi connectivity index (χ0n) is 9.82. The third-order valence-corrected chi connectivity index (χ3v) is 3.33. The summed E-state index contributed by atoms with van der Waals surface area (Å²) in [5, 5.41) is 0. The Kier molecular flexibility index (Phi) is 3.17. The highest BCUT2D eigenvalue weighted by Gasteiger charge is 2.48. The van der Waals surface area contributed by atoms with Crippen LogP contribution in [0.3, 0.4) is 0 Å². The van der Waals surface area contributed by atoms with Gasteiger partial charge in [0.2, 0.25) is 0 Å². The normalized spacial score (nSPS) is 32.2. The monoisotopic (exact) mass is 241 g/mol. The van der Waals surface area contributed by atoms with Crippen LogP contribution in [0.1, 0.15) is 26.2 Å². The number of hydrogen-bond donors (Lipinski definition) is 0. The molecule has 0 aromatic heterocycles. The van der Waals surface area contributed by atoms with Gasteiger partial charge in [0.25, 0.3) is 0 Å². The van der Waals surface area contributed by atoms with Crippen LogP contribution in [0.15, 0.2) is 12.2 Å². The Labute approximate surface area is 99.4 Å². The Morgan fingerprint density at radius 3 is 3.18 bits per heavy atom. The van der Waals surface area contributed by atoms with Crippen molar-refractivity contribution in [1.29, 1.82) is 0 Å². The number of likely N-dealkylation sites (tertiary alicyclic amines) is 1. The van der Waals surface area contributed by atoms with Gasteiger partial charge >= 0.3 is 6.09 Å². The molecule has 17 heavy (non-hydrogen) atoms. The van der Waals surface area contributed by atoms with Gasteiger partial charge in [0.05, 0.1) is 12.6 Å². The summed E-state index contributed by atoms with van der Waals surface area (Å²) in [4.78, 5) is 24.4. The third kappa shape index (κ3) is 2.18. The average molecular weight is 241 g/mol. The fourth-order valence-corrected chi connectivity index (χ4v) is 2.49. The lowest BCUT2D eigenvalue weighted by Gasteiger charge is -2.44. The van der Waals surface area contributed by atoms with E-state index >= 15 is 0 Å². The van der Waals surface area contributed by atoms with E-state index in [-0.39, 0.29) is 18.8 Å². The first-order valence-corrected chi connectivity index (χ1v) is 5.91. The van der Waals surface area contributed by atoms with Crippen molar-refractivity contribution >= 4 is 11.9 Å². The molecular weight excluding hydrogens is 225 g/mol. The molecule has 0 spiro atoms. The summed E-state index contributed by atoms with van der Waals surface area (Å²) in [6.07, 6.45) is 3.05. The number of rotatable bonds is 1. The number of amides is 1. The molecule has 0 aromatic rings. The fraction of sp³-hybridized carbons (Fsp3) is 0.667. The van der Waals surface area contributed by atoms with E-state index < -0.39 is 17.8 Å². The van der Waals surface area contributed by atoms with Crippen LogP contribution < -0.4 is 0 Å². The van der Waals surface area contributed by atoms with Crippen molar-refractivity contribution < 1.29 is 18.7 Å². The molecule has 1 fully saturated rings. The molecule has 0 bridgehead atoms. The fourth-order valence-electron chi connectivity index (χ4n) is 2.49. The molecule has 2 rings (SSSR count). The second-order valence-corrected chi connectivity index (χ2v) is 4.44. The standard InChI is InChI=1S/C12H16FNO3/c1-2-17-11(16)14-7-3-5-12(13)6-4-9(15)8-10(12)14/h4,6,10H,2-3,5,7-8H2,1H3/t10-,12-/m1/s1. The molecular formula is C12H16FNO3. The van der Waals surface area contributed by atoms with Crippen molar-refractivity contribution in [2.45, 2.75) is 37.9 Å². The van der Waals surface area contributed by atoms with Gasteiger partial charge in [-0.15, -0.1) is 0 Å². The van der Waals surface area contributed by atoms with Crippen LogP contribution in [0.2, 0.25) is 0 Å². The Hall–Kier alpha value is -1.39. The number of carbonyl (C=O) groups excluding carboxylic acids is 2. The van der Waals surface area contributed by atoms with E-state index in [1.54, 1.807) is 6.92 Å². The zero-order valence-corrected chi connectivity index (χ0v) is 9.82. The topological polar surface area (TPSA) is 46.6 Å². The minimum absolute atomic E-state index is 0.0474. The highest BCUT2D eigenvalue weighted by Crippen LogP contribution is 2.37. The molecule has 1 saturated heterocycles. The van der Waals surface area contributed by atoms with E-state index in [1.165, 1.54) is 17.1 Å². The molecule has 0 aromatic carbocycles. The first-order chi connectivity index (χ1) is 8.07. The summed E-state index contributed by atoms with van der Waals surface area (Å²) in [7, 11) is 0. The lowest BCUT2D eigenvalue weighted by atomic mass is 9.80. The van der Waals surface area contributed by atoms with Gasteiger partial charge in [0.1, 0.15) is 5.67 Å². The summed E-state index contributed by atoms with van der Waals surface area (Å²) in [6.45, 7) is 2.41. The number of nitrogens with zero attached hydrogens (tertiary/aromatic N) is 1. The van der Waals surface area contributed by atoms with Gasteiger partial charge < -0.3 is 9.64 Å². The van der Waals surface area contributed by atoms with E-state index in [4.69, 9.17) is 4.74 Å². The average Bonchev–Trinajstić information content (AvgIpc) is 2.29. The van der Waals surface area contributed by atoms with Crippen molar-refractivity contribution in [1.82, 2.24) is 4.90 Å². The maximum absolute atomic E-state index is 14.6. The van der Waals surface area contributed by atoms with Gasteiger partial charge in [-0.05, 0) is 31.9 Å².